The Morgan fingerprint density at radius 2 is 1.80 bits per heavy atom. The Kier molecular flexibility index (Phi) is 5.10. The van der Waals surface area contributed by atoms with Crippen LogP contribution in [0, 0.1) is 11.6 Å². The number of nitrogens with one attached hydrogen (secondary N) is 1. The fraction of sp³-hybridized carbons (Fsp3) is 0.143. The van der Waals surface area contributed by atoms with Crippen molar-refractivity contribution in [1.29, 1.82) is 0 Å². The summed E-state index contributed by atoms with van der Waals surface area (Å²) in [5.41, 5.74) is 3.98. The number of rotatable bonds is 4. The summed E-state index contributed by atoms with van der Waals surface area (Å²) in [5, 5.41) is 0.564. The summed E-state index contributed by atoms with van der Waals surface area (Å²) < 4.78 is 27.2. The van der Waals surface area contributed by atoms with E-state index >= 15 is 0 Å². The quantitative estimate of drug-likeness (QED) is 0.635. The van der Waals surface area contributed by atoms with Gasteiger partial charge in [0.2, 0.25) is 0 Å². The predicted molar refractivity (Wildman–Crippen MR) is 79.3 cm³/mol. The molecular formula is C14H12BrClF2N2. The van der Waals surface area contributed by atoms with Gasteiger partial charge in [0.15, 0.2) is 0 Å². The molecule has 0 aromatic heterocycles. The van der Waals surface area contributed by atoms with Gasteiger partial charge in [-0.05, 0) is 47.9 Å². The molecule has 0 amide bonds. The summed E-state index contributed by atoms with van der Waals surface area (Å²) in [4.78, 5) is 0. The van der Waals surface area contributed by atoms with E-state index in [9.17, 15) is 8.78 Å². The van der Waals surface area contributed by atoms with Gasteiger partial charge in [0.1, 0.15) is 11.6 Å². The Morgan fingerprint density at radius 1 is 1.15 bits per heavy atom. The lowest BCUT2D eigenvalue weighted by molar-refractivity contribution is 0.538. The van der Waals surface area contributed by atoms with Crippen molar-refractivity contribution in [3.8, 4) is 0 Å². The van der Waals surface area contributed by atoms with Crippen LogP contribution < -0.4 is 11.3 Å². The smallest absolute Gasteiger partial charge is 0.126 e. The molecule has 106 valence electrons. The van der Waals surface area contributed by atoms with E-state index in [0.717, 1.165) is 16.1 Å². The predicted octanol–water partition coefficient (Wildman–Crippen LogP) is 4.13. The lowest BCUT2D eigenvalue weighted by Gasteiger charge is -2.18. The van der Waals surface area contributed by atoms with Crippen molar-refractivity contribution in [1.82, 2.24) is 5.43 Å². The molecule has 0 spiro atoms. The van der Waals surface area contributed by atoms with Gasteiger partial charge in [0.25, 0.3) is 0 Å². The molecule has 0 radical (unpaired) electrons. The second kappa shape index (κ2) is 6.63. The lowest BCUT2D eigenvalue weighted by atomic mass is 9.99. The van der Waals surface area contributed by atoms with Crippen molar-refractivity contribution >= 4 is 27.5 Å². The molecule has 2 aromatic rings. The van der Waals surface area contributed by atoms with Crippen molar-refractivity contribution in [2.45, 2.75) is 12.5 Å². The van der Waals surface area contributed by atoms with Crippen molar-refractivity contribution in [3.63, 3.8) is 0 Å². The van der Waals surface area contributed by atoms with Crippen molar-refractivity contribution in [3.05, 3.63) is 68.7 Å². The third-order valence-electron chi connectivity index (χ3n) is 2.90. The first-order valence-electron chi connectivity index (χ1n) is 5.85. The van der Waals surface area contributed by atoms with Crippen LogP contribution >= 0.6 is 27.5 Å². The minimum absolute atomic E-state index is 0.315. The molecule has 2 aromatic carbocycles. The highest BCUT2D eigenvalue weighted by Crippen LogP contribution is 2.28. The van der Waals surface area contributed by atoms with E-state index in [1.807, 2.05) is 0 Å². The van der Waals surface area contributed by atoms with E-state index in [2.05, 4.69) is 21.4 Å². The van der Waals surface area contributed by atoms with Gasteiger partial charge in [-0.15, -0.1) is 0 Å². The molecule has 0 fully saturated rings. The van der Waals surface area contributed by atoms with Crippen LogP contribution in [0.1, 0.15) is 17.2 Å². The maximum atomic E-state index is 13.2. The number of hydrazine groups is 1. The average Bonchev–Trinajstić information content (AvgIpc) is 2.38. The Hall–Kier alpha value is -1.01. The van der Waals surface area contributed by atoms with Crippen LogP contribution in [0.15, 0.2) is 40.9 Å². The third-order valence-corrected chi connectivity index (χ3v) is 3.85. The van der Waals surface area contributed by atoms with E-state index in [0.29, 0.717) is 17.0 Å². The number of benzene rings is 2. The average molecular weight is 362 g/mol. The first-order valence-corrected chi connectivity index (χ1v) is 7.02. The van der Waals surface area contributed by atoms with E-state index in [1.165, 1.54) is 12.1 Å². The molecule has 1 unspecified atom stereocenters. The SMILES string of the molecule is NNC(Cc1cc(F)cc(F)c1)c1cc(Cl)ccc1Br. The molecule has 0 heterocycles. The van der Waals surface area contributed by atoms with E-state index in [1.54, 1.807) is 18.2 Å². The maximum absolute atomic E-state index is 13.2. The second-order valence-electron chi connectivity index (χ2n) is 4.37. The van der Waals surface area contributed by atoms with Crippen LogP contribution in [-0.2, 0) is 6.42 Å². The summed E-state index contributed by atoms with van der Waals surface area (Å²) in [6.45, 7) is 0. The molecular weight excluding hydrogens is 350 g/mol. The summed E-state index contributed by atoms with van der Waals surface area (Å²) in [6, 6.07) is 8.38. The van der Waals surface area contributed by atoms with Gasteiger partial charge in [0.05, 0.1) is 6.04 Å². The molecule has 6 heteroatoms. The number of nitrogens with two attached hydrogens (primary N) is 1. The van der Waals surface area contributed by atoms with E-state index < -0.39 is 11.6 Å². The summed E-state index contributed by atoms with van der Waals surface area (Å²) in [6.07, 6.45) is 0.337. The molecule has 3 N–H and O–H groups in total. The zero-order valence-corrected chi connectivity index (χ0v) is 12.7. The summed E-state index contributed by atoms with van der Waals surface area (Å²) in [7, 11) is 0. The standard InChI is InChI=1S/C14H12BrClF2N2/c15-13-2-1-9(16)6-12(13)14(20-19)5-8-3-10(17)7-11(18)4-8/h1-4,6-7,14,20H,5,19H2. The van der Waals surface area contributed by atoms with Crippen LogP contribution in [0.3, 0.4) is 0 Å². The molecule has 20 heavy (non-hydrogen) atoms. The highest BCUT2D eigenvalue weighted by atomic mass is 79.9. The van der Waals surface area contributed by atoms with Crippen molar-refractivity contribution in [2.75, 3.05) is 0 Å². The molecule has 0 aliphatic heterocycles. The molecule has 2 rings (SSSR count). The van der Waals surface area contributed by atoms with Crippen LogP contribution in [0.5, 0.6) is 0 Å². The van der Waals surface area contributed by atoms with Gasteiger partial charge < -0.3 is 0 Å². The largest absolute Gasteiger partial charge is 0.271 e. The molecule has 0 saturated heterocycles. The van der Waals surface area contributed by atoms with Gasteiger partial charge in [-0.3, -0.25) is 11.3 Å². The van der Waals surface area contributed by atoms with Gasteiger partial charge in [0, 0.05) is 15.6 Å². The molecule has 1 atom stereocenters. The Balaban J connectivity index is 2.31. The first kappa shape index (κ1) is 15.4. The van der Waals surface area contributed by atoms with Crippen LogP contribution in [0.4, 0.5) is 8.78 Å². The normalized spacial score (nSPS) is 12.4. The van der Waals surface area contributed by atoms with E-state index in [-0.39, 0.29) is 6.04 Å². The first-order chi connectivity index (χ1) is 9.49. The third kappa shape index (κ3) is 3.76. The number of halogens is 4. The lowest BCUT2D eigenvalue weighted by Crippen LogP contribution is -2.30. The summed E-state index contributed by atoms with van der Waals surface area (Å²) >= 11 is 9.37. The van der Waals surface area contributed by atoms with E-state index in [4.69, 9.17) is 17.4 Å². The molecule has 0 saturated carbocycles. The molecule has 0 aliphatic carbocycles. The van der Waals surface area contributed by atoms with Gasteiger partial charge in [-0.25, -0.2) is 8.78 Å². The van der Waals surface area contributed by atoms with Crippen molar-refractivity contribution < 1.29 is 8.78 Å². The van der Waals surface area contributed by atoms with Crippen LogP contribution in [-0.4, -0.2) is 0 Å². The molecule has 0 aliphatic rings. The van der Waals surface area contributed by atoms with Gasteiger partial charge in [-0.2, -0.15) is 0 Å². The minimum Gasteiger partial charge on any atom is -0.271 e. The second-order valence-corrected chi connectivity index (χ2v) is 5.66. The number of hydrogen-bond donors (Lipinski definition) is 2. The van der Waals surface area contributed by atoms with Gasteiger partial charge >= 0.3 is 0 Å². The van der Waals surface area contributed by atoms with Crippen molar-refractivity contribution in [2.24, 2.45) is 5.84 Å². The maximum Gasteiger partial charge on any atom is 0.126 e. The van der Waals surface area contributed by atoms with Crippen LogP contribution in [0.2, 0.25) is 5.02 Å². The zero-order valence-electron chi connectivity index (χ0n) is 10.3. The topological polar surface area (TPSA) is 38.0 Å². The fourth-order valence-electron chi connectivity index (χ4n) is 2.00. The minimum atomic E-state index is -0.610. The Bertz CT molecular complexity index is 602. The summed E-state index contributed by atoms with van der Waals surface area (Å²) in [5.74, 6) is 4.33. The fourth-order valence-corrected chi connectivity index (χ4v) is 2.71. The molecule has 0 bridgehead atoms. The zero-order chi connectivity index (χ0) is 14.7. The van der Waals surface area contributed by atoms with Crippen LogP contribution in [0.25, 0.3) is 0 Å². The highest BCUT2D eigenvalue weighted by molar-refractivity contribution is 9.10. The highest BCUT2D eigenvalue weighted by Gasteiger charge is 2.15. The Labute approximate surface area is 129 Å². The monoisotopic (exact) mass is 360 g/mol. The van der Waals surface area contributed by atoms with Gasteiger partial charge in [-0.1, -0.05) is 27.5 Å². The molecule has 2 nitrogen and oxygen atoms in total. The number of hydrogen-bond acceptors (Lipinski definition) is 2. The Morgan fingerprint density at radius 3 is 2.40 bits per heavy atom.